The number of carbonyl (C=O) groups excluding carboxylic acids is 1. The summed E-state index contributed by atoms with van der Waals surface area (Å²) in [6.45, 7) is 0. The van der Waals surface area contributed by atoms with Gasteiger partial charge >= 0.3 is 0 Å². The van der Waals surface area contributed by atoms with Gasteiger partial charge in [0, 0.05) is 26.5 Å². The molecule has 4 heteroatoms. The predicted molar refractivity (Wildman–Crippen MR) is 53.2 cm³/mol. The van der Waals surface area contributed by atoms with Crippen LogP contribution in [0.3, 0.4) is 0 Å². The molecule has 2 aromatic heterocycles. The first-order valence-electron chi connectivity index (χ1n) is 4.34. The summed E-state index contributed by atoms with van der Waals surface area (Å²) in [6.07, 6.45) is 3.60. The first-order valence-corrected chi connectivity index (χ1v) is 4.34. The van der Waals surface area contributed by atoms with Crippen molar-refractivity contribution in [2.24, 2.45) is 0 Å². The monoisotopic (exact) mass is 189 g/mol. The molecule has 72 valence electrons. The van der Waals surface area contributed by atoms with Crippen LogP contribution in [0.2, 0.25) is 0 Å². The Balaban J connectivity index is 2.50. The summed E-state index contributed by atoms with van der Waals surface area (Å²) in [5, 5.41) is 0. The minimum absolute atomic E-state index is 0.0753. The lowest BCUT2D eigenvalue weighted by Gasteiger charge is -2.06. The molecule has 1 amide bonds. The van der Waals surface area contributed by atoms with E-state index in [4.69, 9.17) is 0 Å². The van der Waals surface area contributed by atoms with E-state index in [1.807, 2.05) is 28.8 Å². The molecule has 2 heterocycles. The van der Waals surface area contributed by atoms with Crippen LogP contribution in [0.4, 0.5) is 0 Å². The zero-order valence-corrected chi connectivity index (χ0v) is 8.14. The number of nitrogens with zero attached hydrogens (tertiary/aromatic N) is 3. The van der Waals surface area contributed by atoms with Crippen LogP contribution in [-0.4, -0.2) is 34.3 Å². The predicted octanol–water partition coefficient (Wildman–Crippen LogP) is 1.04. The topological polar surface area (TPSA) is 37.6 Å². The van der Waals surface area contributed by atoms with Crippen molar-refractivity contribution < 1.29 is 4.79 Å². The van der Waals surface area contributed by atoms with E-state index in [9.17, 15) is 4.79 Å². The van der Waals surface area contributed by atoms with Crippen molar-refractivity contribution in [1.29, 1.82) is 0 Å². The normalized spacial score (nSPS) is 10.4. The van der Waals surface area contributed by atoms with Gasteiger partial charge in [0.15, 0.2) is 0 Å². The van der Waals surface area contributed by atoms with Gasteiger partial charge in [-0.05, 0) is 12.1 Å². The lowest BCUT2D eigenvalue weighted by Crippen LogP contribution is -2.21. The minimum atomic E-state index is -0.0753. The van der Waals surface area contributed by atoms with E-state index in [0.29, 0.717) is 5.69 Å². The molecule has 0 aliphatic carbocycles. The summed E-state index contributed by atoms with van der Waals surface area (Å²) in [4.78, 5) is 17.3. The molecule has 0 N–H and O–H groups in total. The SMILES string of the molecule is CN(C)C(=O)c1cn2ccccc2n1. The Hall–Kier alpha value is -1.84. The Kier molecular flexibility index (Phi) is 1.96. The standard InChI is InChI=1S/C10H11N3O/c1-12(2)10(14)8-7-13-6-4-3-5-9(13)11-8/h3-7H,1-2H3. The molecule has 4 nitrogen and oxygen atoms in total. The summed E-state index contributed by atoms with van der Waals surface area (Å²) in [7, 11) is 3.43. The molecule has 0 aliphatic rings. The Morgan fingerprint density at radius 2 is 2.21 bits per heavy atom. The molecule has 0 aliphatic heterocycles. The number of hydrogen-bond donors (Lipinski definition) is 0. The smallest absolute Gasteiger partial charge is 0.273 e. The quantitative estimate of drug-likeness (QED) is 0.672. The van der Waals surface area contributed by atoms with Gasteiger partial charge in [0.1, 0.15) is 11.3 Å². The number of pyridine rings is 1. The van der Waals surface area contributed by atoms with Gasteiger partial charge in [-0.25, -0.2) is 4.98 Å². The molecule has 0 saturated heterocycles. The zero-order valence-electron chi connectivity index (χ0n) is 8.14. The number of rotatable bonds is 1. The first kappa shape index (κ1) is 8.74. The molecule has 0 radical (unpaired) electrons. The van der Waals surface area contributed by atoms with E-state index < -0.39 is 0 Å². The van der Waals surface area contributed by atoms with E-state index in [1.165, 1.54) is 4.90 Å². The molecular weight excluding hydrogens is 178 g/mol. The fourth-order valence-corrected chi connectivity index (χ4v) is 1.27. The first-order chi connectivity index (χ1) is 6.68. The molecule has 0 atom stereocenters. The summed E-state index contributed by atoms with van der Waals surface area (Å²) in [5.74, 6) is -0.0753. The van der Waals surface area contributed by atoms with Crippen LogP contribution in [0.15, 0.2) is 30.6 Å². The number of hydrogen-bond acceptors (Lipinski definition) is 2. The Morgan fingerprint density at radius 1 is 1.43 bits per heavy atom. The maximum atomic E-state index is 11.6. The molecule has 0 saturated carbocycles. The summed E-state index contributed by atoms with van der Waals surface area (Å²) in [6, 6.07) is 5.66. The number of imidazole rings is 1. The minimum Gasteiger partial charge on any atom is -0.343 e. The third-order valence-electron chi connectivity index (χ3n) is 1.99. The van der Waals surface area contributed by atoms with Crippen molar-refractivity contribution in [2.45, 2.75) is 0 Å². The molecule has 0 aromatic carbocycles. The van der Waals surface area contributed by atoms with Crippen LogP contribution < -0.4 is 0 Å². The van der Waals surface area contributed by atoms with E-state index in [1.54, 1.807) is 20.3 Å². The van der Waals surface area contributed by atoms with Crippen LogP contribution in [-0.2, 0) is 0 Å². The second-order valence-corrected chi connectivity index (χ2v) is 3.29. The summed E-state index contributed by atoms with van der Waals surface area (Å²) >= 11 is 0. The third-order valence-corrected chi connectivity index (χ3v) is 1.99. The second-order valence-electron chi connectivity index (χ2n) is 3.29. The number of aromatic nitrogens is 2. The van der Waals surface area contributed by atoms with E-state index in [-0.39, 0.29) is 5.91 Å². The molecule has 2 rings (SSSR count). The molecule has 0 unspecified atom stereocenters. The van der Waals surface area contributed by atoms with Crippen molar-refractivity contribution in [3.8, 4) is 0 Å². The van der Waals surface area contributed by atoms with Gasteiger partial charge in [0.25, 0.3) is 5.91 Å². The lowest BCUT2D eigenvalue weighted by molar-refractivity contribution is 0.0822. The number of carbonyl (C=O) groups is 1. The van der Waals surface area contributed by atoms with Crippen LogP contribution in [0.25, 0.3) is 5.65 Å². The average Bonchev–Trinajstić information content (AvgIpc) is 2.59. The highest BCUT2D eigenvalue weighted by Gasteiger charge is 2.11. The third kappa shape index (κ3) is 1.35. The van der Waals surface area contributed by atoms with Crippen LogP contribution in [0.5, 0.6) is 0 Å². The average molecular weight is 189 g/mol. The van der Waals surface area contributed by atoms with Crippen LogP contribution in [0, 0.1) is 0 Å². The van der Waals surface area contributed by atoms with Crippen molar-refractivity contribution >= 4 is 11.6 Å². The van der Waals surface area contributed by atoms with Crippen molar-refractivity contribution in [1.82, 2.24) is 14.3 Å². The number of fused-ring (bicyclic) bond motifs is 1. The van der Waals surface area contributed by atoms with Crippen molar-refractivity contribution in [3.63, 3.8) is 0 Å². The van der Waals surface area contributed by atoms with Crippen LogP contribution >= 0.6 is 0 Å². The zero-order chi connectivity index (χ0) is 10.1. The van der Waals surface area contributed by atoms with E-state index in [2.05, 4.69) is 4.98 Å². The highest BCUT2D eigenvalue weighted by Crippen LogP contribution is 2.05. The summed E-state index contributed by atoms with van der Waals surface area (Å²) < 4.78 is 1.83. The molecule has 0 spiro atoms. The van der Waals surface area contributed by atoms with Gasteiger partial charge in [-0.1, -0.05) is 6.07 Å². The Bertz CT molecular complexity index is 440. The van der Waals surface area contributed by atoms with Crippen molar-refractivity contribution in [3.05, 3.63) is 36.3 Å². The van der Waals surface area contributed by atoms with Gasteiger partial charge in [-0.15, -0.1) is 0 Å². The molecule has 0 bridgehead atoms. The fourth-order valence-electron chi connectivity index (χ4n) is 1.27. The largest absolute Gasteiger partial charge is 0.343 e. The fraction of sp³-hybridized carbons (Fsp3) is 0.200. The van der Waals surface area contributed by atoms with E-state index >= 15 is 0 Å². The van der Waals surface area contributed by atoms with Gasteiger partial charge in [-0.2, -0.15) is 0 Å². The van der Waals surface area contributed by atoms with E-state index in [0.717, 1.165) is 5.65 Å². The van der Waals surface area contributed by atoms with Gasteiger partial charge in [0.2, 0.25) is 0 Å². The second kappa shape index (κ2) is 3.14. The van der Waals surface area contributed by atoms with Gasteiger partial charge in [-0.3, -0.25) is 4.79 Å². The van der Waals surface area contributed by atoms with Crippen molar-refractivity contribution in [2.75, 3.05) is 14.1 Å². The Labute approximate surface area is 81.8 Å². The lowest BCUT2D eigenvalue weighted by atomic mass is 10.4. The Morgan fingerprint density at radius 3 is 2.86 bits per heavy atom. The van der Waals surface area contributed by atoms with Crippen LogP contribution in [0.1, 0.15) is 10.5 Å². The van der Waals surface area contributed by atoms with Gasteiger partial charge < -0.3 is 9.30 Å². The maximum absolute atomic E-state index is 11.6. The molecule has 0 fully saturated rings. The molecule has 14 heavy (non-hydrogen) atoms. The molecular formula is C10H11N3O. The highest BCUT2D eigenvalue weighted by molar-refractivity contribution is 5.92. The van der Waals surface area contributed by atoms with Gasteiger partial charge in [0.05, 0.1) is 0 Å². The highest BCUT2D eigenvalue weighted by atomic mass is 16.2. The summed E-state index contributed by atoms with van der Waals surface area (Å²) in [5.41, 5.74) is 1.26. The number of amides is 1. The molecule has 2 aromatic rings. The maximum Gasteiger partial charge on any atom is 0.273 e.